The Morgan fingerprint density at radius 3 is 1.12 bits per heavy atom. The molecule has 6 nitrogen and oxygen atoms in total. The van der Waals surface area contributed by atoms with E-state index in [4.69, 9.17) is 0 Å². The second-order valence-corrected chi connectivity index (χ2v) is 4.86. The topological polar surface area (TPSA) is 78.9 Å². The van der Waals surface area contributed by atoms with E-state index < -0.39 is 0 Å². The first-order valence-corrected chi connectivity index (χ1v) is 7.25. The minimum absolute atomic E-state index is 0.363. The maximum atomic E-state index is 10.4. The zero-order valence-corrected chi connectivity index (χ0v) is 12.6. The number of rotatable bonds is 5. The minimum atomic E-state index is 0.363. The number of nitrogens with zero attached hydrogens (tertiary/aromatic N) is 5. The van der Waals surface area contributed by atoms with E-state index in [1.807, 2.05) is 54.6 Å². The molecule has 0 bridgehead atoms. The van der Waals surface area contributed by atoms with Gasteiger partial charge in [0.2, 0.25) is 0 Å². The summed E-state index contributed by atoms with van der Waals surface area (Å²) in [7, 11) is 0. The molecule has 24 heavy (non-hydrogen) atoms. The summed E-state index contributed by atoms with van der Waals surface area (Å²) in [5.41, 5.74) is 3.25. The average Bonchev–Trinajstić information content (AvgIpc) is 2.67. The first-order chi connectivity index (χ1) is 11.8. The lowest BCUT2D eigenvalue weighted by Gasteiger charge is -1.95. The van der Waals surface area contributed by atoms with Crippen molar-refractivity contribution in [3.63, 3.8) is 0 Å². The monoisotopic (exact) mass is 315 g/mol. The first-order valence-electron chi connectivity index (χ1n) is 7.25. The summed E-state index contributed by atoms with van der Waals surface area (Å²) in [6.07, 6.45) is 0. The highest BCUT2D eigenvalue weighted by atomic mass is 16.3. The zero-order valence-electron chi connectivity index (χ0n) is 12.6. The van der Waals surface area contributed by atoms with E-state index in [1.165, 1.54) is 0 Å². The molecule has 0 amide bonds. The number of hydrogen-bond donors (Lipinski definition) is 0. The molecule has 0 heterocycles. The Labute approximate surface area is 138 Å². The van der Waals surface area contributed by atoms with Crippen LogP contribution in [0.2, 0.25) is 0 Å². The first kappa shape index (κ1) is 15.4. The molecule has 6 heteroatoms. The summed E-state index contributed by atoms with van der Waals surface area (Å²) < 4.78 is 0. The van der Waals surface area contributed by atoms with Gasteiger partial charge in [0.25, 0.3) is 0 Å². The van der Waals surface area contributed by atoms with Crippen LogP contribution in [0.1, 0.15) is 0 Å². The van der Waals surface area contributed by atoms with Gasteiger partial charge in [-0.15, -0.1) is 4.91 Å². The Hall–Kier alpha value is -3.54. The standard InChI is InChI=1S/C18H13N5O/c24-23-18-12-10-17(11-13-18)22-21-16-8-6-15(7-9-16)20-19-14-4-2-1-3-5-14/h1-13H/b20-19-,22-21?. The van der Waals surface area contributed by atoms with Gasteiger partial charge in [0.05, 0.1) is 22.7 Å². The molecule has 0 aliphatic heterocycles. The van der Waals surface area contributed by atoms with Crippen LogP contribution >= 0.6 is 0 Å². The van der Waals surface area contributed by atoms with E-state index in [-0.39, 0.29) is 0 Å². The van der Waals surface area contributed by atoms with Crippen molar-refractivity contribution < 1.29 is 0 Å². The molecule has 3 aromatic rings. The molecule has 0 unspecified atom stereocenters. The molecule has 0 fully saturated rings. The number of nitroso groups, excluding NO2 is 1. The molecule has 0 aliphatic rings. The van der Waals surface area contributed by atoms with E-state index in [0.29, 0.717) is 17.1 Å². The van der Waals surface area contributed by atoms with E-state index in [9.17, 15) is 4.91 Å². The molecule has 3 aromatic carbocycles. The highest BCUT2D eigenvalue weighted by Gasteiger charge is 1.95. The van der Waals surface area contributed by atoms with Gasteiger partial charge in [0.15, 0.2) is 0 Å². The van der Waals surface area contributed by atoms with Gasteiger partial charge >= 0.3 is 0 Å². The van der Waals surface area contributed by atoms with Crippen LogP contribution in [0.4, 0.5) is 28.4 Å². The average molecular weight is 315 g/mol. The normalized spacial score (nSPS) is 11.2. The Balaban J connectivity index is 1.66. The van der Waals surface area contributed by atoms with Crippen molar-refractivity contribution in [2.75, 3.05) is 0 Å². The second kappa shape index (κ2) is 7.64. The number of benzene rings is 3. The van der Waals surface area contributed by atoms with Crippen molar-refractivity contribution in [1.29, 1.82) is 0 Å². The largest absolute Gasteiger partial charge is 0.151 e. The van der Waals surface area contributed by atoms with Crippen LogP contribution < -0.4 is 0 Å². The molecule has 0 radical (unpaired) electrons. The van der Waals surface area contributed by atoms with E-state index in [2.05, 4.69) is 25.6 Å². The summed E-state index contributed by atoms with van der Waals surface area (Å²) in [5, 5.41) is 19.4. The minimum Gasteiger partial charge on any atom is -0.151 e. The summed E-state index contributed by atoms with van der Waals surface area (Å²) in [6, 6.07) is 23.3. The zero-order chi connectivity index (χ0) is 16.6. The highest BCUT2D eigenvalue weighted by molar-refractivity contribution is 5.49. The predicted octanol–water partition coefficient (Wildman–Crippen LogP) is 6.92. The van der Waals surface area contributed by atoms with Crippen molar-refractivity contribution >= 4 is 28.4 Å². The van der Waals surface area contributed by atoms with Gasteiger partial charge in [0, 0.05) is 0 Å². The summed E-state index contributed by atoms with van der Waals surface area (Å²) in [5.74, 6) is 0. The number of azo groups is 2. The van der Waals surface area contributed by atoms with Gasteiger partial charge in [-0.05, 0) is 65.8 Å². The number of hydrogen-bond acceptors (Lipinski definition) is 6. The van der Waals surface area contributed by atoms with Crippen LogP contribution in [-0.4, -0.2) is 0 Å². The van der Waals surface area contributed by atoms with Crippen LogP contribution in [0.3, 0.4) is 0 Å². The third kappa shape index (κ3) is 4.23. The molecule has 0 aliphatic carbocycles. The Bertz CT molecular complexity index is 856. The van der Waals surface area contributed by atoms with Crippen molar-refractivity contribution in [2.24, 2.45) is 25.6 Å². The van der Waals surface area contributed by atoms with Gasteiger partial charge < -0.3 is 0 Å². The summed E-state index contributed by atoms with van der Waals surface area (Å²) >= 11 is 0. The Morgan fingerprint density at radius 1 is 0.417 bits per heavy atom. The van der Waals surface area contributed by atoms with Crippen LogP contribution in [0.15, 0.2) is 104 Å². The maximum Gasteiger partial charge on any atom is 0.108 e. The molecule has 116 valence electrons. The smallest absolute Gasteiger partial charge is 0.108 e. The molecule has 0 aromatic heterocycles. The molecule has 0 N–H and O–H groups in total. The summed E-state index contributed by atoms with van der Waals surface area (Å²) in [6.45, 7) is 0. The fraction of sp³-hybridized carbons (Fsp3) is 0. The highest BCUT2D eigenvalue weighted by Crippen LogP contribution is 2.24. The fourth-order valence-corrected chi connectivity index (χ4v) is 1.89. The molecule has 0 saturated carbocycles. The maximum absolute atomic E-state index is 10.4. The third-order valence-electron chi connectivity index (χ3n) is 3.12. The predicted molar refractivity (Wildman–Crippen MR) is 93.1 cm³/mol. The van der Waals surface area contributed by atoms with Crippen LogP contribution in [0, 0.1) is 4.91 Å². The van der Waals surface area contributed by atoms with Crippen molar-refractivity contribution in [1.82, 2.24) is 0 Å². The quantitative estimate of drug-likeness (QED) is 0.372. The van der Waals surface area contributed by atoms with Crippen LogP contribution in [0.5, 0.6) is 0 Å². The van der Waals surface area contributed by atoms with E-state index in [1.54, 1.807) is 24.3 Å². The van der Waals surface area contributed by atoms with Gasteiger partial charge in [-0.2, -0.15) is 20.5 Å². The Morgan fingerprint density at radius 2 is 0.750 bits per heavy atom. The van der Waals surface area contributed by atoms with Gasteiger partial charge in [-0.25, -0.2) is 0 Å². The van der Waals surface area contributed by atoms with Crippen LogP contribution in [-0.2, 0) is 0 Å². The molecular formula is C18H13N5O. The molecule has 0 saturated heterocycles. The lowest BCUT2D eigenvalue weighted by molar-refractivity contribution is 1.21. The van der Waals surface area contributed by atoms with Crippen molar-refractivity contribution in [3.05, 3.63) is 83.8 Å². The molecule has 0 atom stereocenters. The van der Waals surface area contributed by atoms with E-state index >= 15 is 0 Å². The van der Waals surface area contributed by atoms with Crippen molar-refractivity contribution in [2.45, 2.75) is 0 Å². The lowest BCUT2D eigenvalue weighted by atomic mass is 10.3. The Kier molecular flexibility index (Phi) is 4.89. The van der Waals surface area contributed by atoms with Gasteiger partial charge in [-0.3, -0.25) is 0 Å². The second-order valence-electron chi connectivity index (χ2n) is 4.86. The lowest BCUT2D eigenvalue weighted by Crippen LogP contribution is -1.67. The molecule has 0 spiro atoms. The van der Waals surface area contributed by atoms with E-state index in [0.717, 1.165) is 11.4 Å². The third-order valence-corrected chi connectivity index (χ3v) is 3.12. The SMILES string of the molecule is O=Nc1ccc(N=Nc2ccc(/N=N\c3ccccc3)cc2)cc1. The van der Waals surface area contributed by atoms with Gasteiger partial charge in [0.1, 0.15) is 5.69 Å². The summed E-state index contributed by atoms with van der Waals surface area (Å²) in [4.78, 5) is 10.4. The van der Waals surface area contributed by atoms with Gasteiger partial charge in [-0.1, -0.05) is 18.2 Å². The van der Waals surface area contributed by atoms with Crippen molar-refractivity contribution in [3.8, 4) is 0 Å². The van der Waals surface area contributed by atoms with Crippen LogP contribution in [0.25, 0.3) is 0 Å². The molecule has 3 rings (SSSR count). The molecular weight excluding hydrogens is 302 g/mol. The fourth-order valence-electron chi connectivity index (χ4n) is 1.89.